The lowest BCUT2D eigenvalue weighted by molar-refractivity contribution is -0.131. The number of hydrogen-bond acceptors (Lipinski definition) is 2. The van der Waals surface area contributed by atoms with Gasteiger partial charge in [0.25, 0.3) is 0 Å². The quantitative estimate of drug-likeness (QED) is 0.460. The van der Waals surface area contributed by atoms with Gasteiger partial charge in [-0.3, -0.25) is 0 Å². The average molecular weight is 250 g/mol. The van der Waals surface area contributed by atoms with E-state index in [9.17, 15) is 9.90 Å². The first kappa shape index (κ1) is 14.7. The fourth-order valence-electron chi connectivity index (χ4n) is 2.43. The summed E-state index contributed by atoms with van der Waals surface area (Å²) < 4.78 is 0. The Labute approximate surface area is 109 Å². The van der Waals surface area contributed by atoms with Gasteiger partial charge in [0, 0.05) is 12.0 Å². The summed E-state index contributed by atoms with van der Waals surface area (Å²) >= 11 is 0. The van der Waals surface area contributed by atoms with Crippen LogP contribution in [0.5, 0.6) is 0 Å². The van der Waals surface area contributed by atoms with E-state index in [0.717, 1.165) is 18.4 Å². The van der Waals surface area contributed by atoms with Crippen molar-refractivity contribution in [1.82, 2.24) is 0 Å². The molecule has 0 aromatic rings. The minimum Gasteiger partial charge on any atom is -0.478 e. The zero-order valence-electron chi connectivity index (χ0n) is 11.3. The number of allylic oxidation sites excluding steroid dienone is 3. The first-order chi connectivity index (χ1) is 8.24. The van der Waals surface area contributed by atoms with Crippen molar-refractivity contribution in [3.63, 3.8) is 0 Å². The highest BCUT2D eigenvalue weighted by molar-refractivity contribution is 5.81. The first-order valence-corrected chi connectivity index (χ1v) is 6.20. The maximum absolute atomic E-state index is 10.5. The second-order valence-corrected chi connectivity index (χ2v) is 5.68. The van der Waals surface area contributed by atoms with Crippen LogP contribution in [0.3, 0.4) is 0 Å². The van der Waals surface area contributed by atoms with Gasteiger partial charge in [-0.25, -0.2) is 4.79 Å². The predicted octanol–water partition coefficient (Wildman–Crippen LogP) is 2.93. The molecule has 100 valence electrons. The van der Waals surface area contributed by atoms with Crippen LogP contribution in [0.25, 0.3) is 0 Å². The lowest BCUT2D eigenvalue weighted by Gasteiger charge is -2.41. The van der Waals surface area contributed by atoms with Gasteiger partial charge in [-0.05, 0) is 36.3 Å². The Morgan fingerprint density at radius 1 is 1.50 bits per heavy atom. The van der Waals surface area contributed by atoms with E-state index in [1.165, 1.54) is 6.08 Å². The standard InChI is InChI=1S/C15H22O3/c1-10(9-14(17)18)5-6-12-11(2)13(16)7-8-15(12,3)4/h5-6,9,12-13,16H,2,7-8H2,1,3-4H3,(H,17,18)/t12-,13-/m0/s1. The van der Waals surface area contributed by atoms with Gasteiger partial charge in [-0.1, -0.05) is 32.6 Å². The molecule has 1 saturated carbocycles. The predicted molar refractivity (Wildman–Crippen MR) is 72.2 cm³/mol. The van der Waals surface area contributed by atoms with Crippen molar-refractivity contribution in [3.8, 4) is 0 Å². The smallest absolute Gasteiger partial charge is 0.328 e. The van der Waals surface area contributed by atoms with Gasteiger partial charge < -0.3 is 10.2 Å². The molecule has 1 aliphatic carbocycles. The average Bonchev–Trinajstić information content (AvgIpc) is 2.23. The lowest BCUT2D eigenvalue weighted by Crippen LogP contribution is -2.35. The molecule has 18 heavy (non-hydrogen) atoms. The van der Waals surface area contributed by atoms with E-state index < -0.39 is 12.1 Å². The lowest BCUT2D eigenvalue weighted by atomic mass is 9.65. The van der Waals surface area contributed by atoms with Crippen molar-refractivity contribution < 1.29 is 15.0 Å². The zero-order valence-corrected chi connectivity index (χ0v) is 11.3. The Hall–Kier alpha value is -1.35. The number of carboxylic acid groups (broad SMARTS) is 1. The van der Waals surface area contributed by atoms with Gasteiger partial charge in [0.15, 0.2) is 0 Å². The SMILES string of the molecule is C=C1[C@@H](O)CCC(C)(C)[C@H]1C=CC(C)=CC(=O)O. The van der Waals surface area contributed by atoms with Crippen molar-refractivity contribution >= 4 is 5.97 Å². The maximum Gasteiger partial charge on any atom is 0.328 e. The normalized spacial score (nSPS) is 28.7. The van der Waals surface area contributed by atoms with E-state index in [1.807, 2.05) is 6.08 Å². The molecule has 0 saturated heterocycles. The third-order valence-corrected chi connectivity index (χ3v) is 3.63. The van der Waals surface area contributed by atoms with Crippen LogP contribution in [0.2, 0.25) is 0 Å². The molecule has 0 aliphatic heterocycles. The van der Waals surface area contributed by atoms with E-state index in [2.05, 4.69) is 20.4 Å². The Balaban J connectivity index is 2.88. The summed E-state index contributed by atoms with van der Waals surface area (Å²) in [6.07, 6.45) is 6.16. The van der Waals surface area contributed by atoms with Crippen LogP contribution in [0.1, 0.15) is 33.6 Å². The number of aliphatic hydroxyl groups excluding tert-OH is 1. The zero-order chi connectivity index (χ0) is 13.9. The highest BCUT2D eigenvalue weighted by atomic mass is 16.4. The Kier molecular flexibility index (Phi) is 4.52. The van der Waals surface area contributed by atoms with E-state index in [1.54, 1.807) is 13.0 Å². The summed E-state index contributed by atoms with van der Waals surface area (Å²) in [6, 6.07) is 0. The summed E-state index contributed by atoms with van der Waals surface area (Å²) in [5.41, 5.74) is 1.56. The minimum absolute atomic E-state index is 0.0519. The fourth-order valence-corrected chi connectivity index (χ4v) is 2.43. The molecule has 0 amide bonds. The first-order valence-electron chi connectivity index (χ1n) is 6.20. The van der Waals surface area contributed by atoms with Crippen LogP contribution in [0.4, 0.5) is 0 Å². The molecule has 1 rings (SSSR count). The molecule has 0 bridgehead atoms. The number of rotatable bonds is 3. The van der Waals surface area contributed by atoms with E-state index >= 15 is 0 Å². The summed E-state index contributed by atoms with van der Waals surface area (Å²) in [6.45, 7) is 10.0. The molecule has 2 atom stereocenters. The van der Waals surface area contributed by atoms with Crippen LogP contribution >= 0.6 is 0 Å². The molecular formula is C15H22O3. The van der Waals surface area contributed by atoms with E-state index in [0.29, 0.717) is 5.57 Å². The summed E-state index contributed by atoms with van der Waals surface area (Å²) in [4.78, 5) is 10.5. The molecule has 0 unspecified atom stereocenters. The van der Waals surface area contributed by atoms with E-state index in [4.69, 9.17) is 5.11 Å². The molecule has 0 aromatic carbocycles. The van der Waals surface area contributed by atoms with Gasteiger partial charge >= 0.3 is 5.97 Å². The molecule has 0 spiro atoms. The molecule has 0 radical (unpaired) electrons. The Bertz CT molecular complexity index is 402. The molecule has 1 fully saturated rings. The van der Waals surface area contributed by atoms with Crippen LogP contribution in [-0.4, -0.2) is 22.3 Å². The summed E-state index contributed by atoms with van der Waals surface area (Å²) in [5, 5.41) is 18.5. The molecular weight excluding hydrogens is 228 g/mol. The van der Waals surface area contributed by atoms with Crippen molar-refractivity contribution in [2.45, 2.75) is 39.7 Å². The largest absolute Gasteiger partial charge is 0.478 e. The van der Waals surface area contributed by atoms with Gasteiger partial charge in [0.2, 0.25) is 0 Å². The molecule has 0 aromatic heterocycles. The van der Waals surface area contributed by atoms with Gasteiger partial charge in [0.1, 0.15) is 0 Å². The van der Waals surface area contributed by atoms with Crippen molar-refractivity contribution in [2.75, 3.05) is 0 Å². The van der Waals surface area contributed by atoms with Crippen molar-refractivity contribution in [1.29, 1.82) is 0 Å². The monoisotopic (exact) mass is 250 g/mol. The highest BCUT2D eigenvalue weighted by Crippen LogP contribution is 2.43. The fraction of sp³-hybridized carbons (Fsp3) is 0.533. The third-order valence-electron chi connectivity index (χ3n) is 3.63. The number of carboxylic acids is 1. The maximum atomic E-state index is 10.5. The Morgan fingerprint density at radius 3 is 2.67 bits per heavy atom. The van der Waals surface area contributed by atoms with E-state index in [-0.39, 0.29) is 11.3 Å². The van der Waals surface area contributed by atoms with Crippen LogP contribution < -0.4 is 0 Å². The topological polar surface area (TPSA) is 57.5 Å². The molecule has 2 N–H and O–H groups in total. The Morgan fingerprint density at radius 2 is 2.11 bits per heavy atom. The molecule has 0 heterocycles. The molecule has 3 heteroatoms. The highest BCUT2D eigenvalue weighted by Gasteiger charge is 2.36. The molecule has 1 aliphatic rings. The number of aliphatic hydroxyl groups is 1. The number of carbonyl (C=O) groups is 1. The number of aliphatic carboxylic acids is 1. The summed E-state index contributed by atoms with van der Waals surface area (Å²) in [7, 11) is 0. The minimum atomic E-state index is -0.945. The van der Waals surface area contributed by atoms with Crippen LogP contribution in [0.15, 0.2) is 36.0 Å². The van der Waals surface area contributed by atoms with Crippen molar-refractivity contribution in [2.24, 2.45) is 11.3 Å². The second kappa shape index (κ2) is 5.53. The van der Waals surface area contributed by atoms with Crippen molar-refractivity contribution in [3.05, 3.63) is 36.0 Å². The van der Waals surface area contributed by atoms with Crippen LogP contribution in [-0.2, 0) is 4.79 Å². The number of hydrogen-bond donors (Lipinski definition) is 2. The summed E-state index contributed by atoms with van der Waals surface area (Å²) in [5.74, 6) is -0.864. The van der Waals surface area contributed by atoms with Gasteiger partial charge in [0.05, 0.1) is 6.10 Å². The van der Waals surface area contributed by atoms with Gasteiger partial charge in [-0.2, -0.15) is 0 Å². The van der Waals surface area contributed by atoms with Crippen LogP contribution in [0, 0.1) is 11.3 Å². The molecule has 3 nitrogen and oxygen atoms in total. The second-order valence-electron chi connectivity index (χ2n) is 5.68. The third kappa shape index (κ3) is 3.57. The van der Waals surface area contributed by atoms with Gasteiger partial charge in [-0.15, -0.1) is 0 Å².